The molecule has 0 spiro atoms. The molecular weight excluding hydrogens is 328 g/mol. The van der Waals surface area contributed by atoms with E-state index >= 15 is 0 Å². The number of rotatable bonds is 6. The Balaban J connectivity index is 3.73. The second kappa shape index (κ2) is 8.58. The number of hydrogen-bond donors (Lipinski definition) is 0. The van der Waals surface area contributed by atoms with Gasteiger partial charge in [-0.25, -0.2) is 0 Å². The quantitative estimate of drug-likeness (QED) is 0.487. The Kier molecular flexibility index (Phi) is 7.64. The highest BCUT2D eigenvalue weighted by atomic mass is 16.5. The van der Waals surface area contributed by atoms with Crippen LogP contribution in [0.25, 0.3) is 0 Å². The van der Waals surface area contributed by atoms with Crippen molar-refractivity contribution in [3.63, 3.8) is 0 Å². The second-order valence-electron chi connectivity index (χ2n) is 12.0. The Morgan fingerprint density at radius 3 is 1.81 bits per heavy atom. The van der Waals surface area contributed by atoms with Crippen molar-refractivity contribution >= 4 is 0 Å². The molecule has 1 rings (SSSR count). The second-order valence-corrected chi connectivity index (χ2v) is 12.0. The lowest BCUT2D eigenvalue weighted by molar-refractivity contribution is 0.124. The van der Waals surface area contributed by atoms with Crippen molar-refractivity contribution in [2.45, 2.75) is 114 Å². The first-order valence-corrected chi connectivity index (χ1v) is 10.9. The van der Waals surface area contributed by atoms with Gasteiger partial charge in [0.15, 0.2) is 0 Å². The average Bonchev–Trinajstić information content (AvgIpc) is 2.37. The van der Waals surface area contributed by atoms with Gasteiger partial charge in [0.2, 0.25) is 0 Å². The van der Waals surface area contributed by atoms with Gasteiger partial charge in [-0.15, -0.1) is 0 Å². The molecule has 0 heterocycles. The predicted molar refractivity (Wildman–Crippen MR) is 121 cm³/mol. The van der Waals surface area contributed by atoms with Crippen LogP contribution in [0.2, 0.25) is 0 Å². The van der Waals surface area contributed by atoms with E-state index in [1.165, 1.54) is 16.7 Å². The minimum Gasteiger partial charge on any atom is -0.488 e. The maximum atomic E-state index is 6.65. The minimum absolute atomic E-state index is 0.197. The fraction of sp³-hybridized carbons (Fsp3) is 0.769. The van der Waals surface area contributed by atoms with Crippen LogP contribution in [0.15, 0.2) is 12.1 Å². The lowest BCUT2D eigenvalue weighted by atomic mass is 9.73. The van der Waals surface area contributed by atoms with Crippen molar-refractivity contribution in [2.75, 3.05) is 0 Å². The topological polar surface area (TPSA) is 9.23 Å². The highest BCUT2D eigenvalue weighted by molar-refractivity contribution is 5.48. The van der Waals surface area contributed by atoms with E-state index in [0.717, 1.165) is 25.0 Å². The first kappa shape index (κ1) is 24.1. The van der Waals surface area contributed by atoms with E-state index < -0.39 is 0 Å². The first-order valence-electron chi connectivity index (χ1n) is 10.9. The molecule has 0 fully saturated rings. The third kappa shape index (κ3) is 7.88. The monoisotopic (exact) mass is 374 g/mol. The number of benzene rings is 1. The van der Waals surface area contributed by atoms with Crippen LogP contribution >= 0.6 is 0 Å². The molecule has 0 radical (unpaired) electrons. The maximum Gasteiger partial charge on any atom is 0.126 e. The van der Waals surface area contributed by atoms with Gasteiger partial charge in [0.05, 0.1) is 0 Å². The van der Waals surface area contributed by atoms with Gasteiger partial charge in [-0.05, 0) is 79.4 Å². The Morgan fingerprint density at radius 2 is 1.44 bits per heavy atom. The molecule has 27 heavy (non-hydrogen) atoms. The van der Waals surface area contributed by atoms with Gasteiger partial charge in [0.1, 0.15) is 11.4 Å². The fourth-order valence-electron chi connectivity index (χ4n) is 4.06. The molecule has 1 nitrogen and oxygen atoms in total. The van der Waals surface area contributed by atoms with Crippen LogP contribution in [0.3, 0.4) is 0 Å². The molecule has 1 aromatic rings. The summed E-state index contributed by atoms with van der Waals surface area (Å²) in [5, 5.41) is 0. The van der Waals surface area contributed by atoms with Gasteiger partial charge >= 0.3 is 0 Å². The zero-order valence-electron chi connectivity index (χ0n) is 20.3. The summed E-state index contributed by atoms with van der Waals surface area (Å²) in [6.45, 7) is 27.5. The summed E-state index contributed by atoms with van der Waals surface area (Å²) in [6, 6.07) is 4.87. The molecule has 0 aliphatic rings. The summed E-state index contributed by atoms with van der Waals surface area (Å²) in [4.78, 5) is 0. The summed E-state index contributed by atoms with van der Waals surface area (Å²) in [5.74, 6) is 2.29. The van der Waals surface area contributed by atoms with Crippen molar-refractivity contribution in [3.8, 4) is 5.75 Å². The molecule has 1 heteroatoms. The van der Waals surface area contributed by atoms with Crippen molar-refractivity contribution < 1.29 is 4.74 Å². The van der Waals surface area contributed by atoms with Crippen LogP contribution < -0.4 is 4.74 Å². The van der Waals surface area contributed by atoms with Crippen molar-refractivity contribution in [1.82, 2.24) is 0 Å². The molecule has 0 aliphatic heterocycles. The van der Waals surface area contributed by atoms with Crippen molar-refractivity contribution in [3.05, 3.63) is 28.8 Å². The van der Waals surface area contributed by atoms with Crippen LogP contribution in [0.4, 0.5) is 0 Å². The van der Waals surface area contributed by atoms with E-state index in [0.29, 0.717) is 11.8 Å². The molecule has 1 unspecified atom stereocenters. The summed E-state index contributed by atoms with van der Waals surface area (Å²) < 4.78 is 6.65. The third-order valence-electron chi connectivity index (χ3n) is 4.86. The van der Waals surface area contributed by atoms with Crippen LogP contribution in [0.5, 0.6) is 5.75 Å². The van der Waals surface area contributed by atoms with Crippen molar-refractivity contribution in [2.24, 2.45) is 16.7 Å². The van der Waals surface area contributed by atoms with Gasteiger partial charge in [0, 0.05) is 0 Å². The SMILES string of the molecule is CCC(c1cc(CC(C)C)cc(CC(C)(C)C)c1OC(C)(C)C)C(C)(C)C. The predicted octanol–water partition coefficient (Wildman–Crippen LogP) is 8.19. The normalized spacial score (nSPS) is 14.6. The van der Waals surface area contributed by atoms with Gasteiger partial charge in [-0.1, -0.05) is 74.4 Å². The van der Waals surface area contributed by atoms with E-state index in [-0.39, 0.29) is 16.4 Å². The molecule has 0 N–H and O–H groups in total. The van der Waals surface area contributed by atoms with Crippen molar-refractivity contribution in [1.29, 1.82) is 0 Å². The smallest absolute Gasteiger partial charge is 0.126 e. The molecule has 0 saturated heterocycles. The Labute approximate surface area is 170 Å². The van der Waals surface area contributed by atoms with Crippen LogP contribution in [-0.4, -0.2) is 5.60 Å². The highest BCUT2D eigenvalue weighted by Crippen LogP contribution is 2.45. The van der Waals surface area contributed by atoms with E-state index in [1.54, 1.807) is 0 Å². The number of ether oxygens (including phenoxy) is 1. The summed E-state index contributed by atoms with van der Waals surface area (Å²) >= 11 is 0. The van der Waals surface area contributed by atoms with Gasteiger partial charge in [-0.2, -0.15) is 0 Å². The lowest BCUT2D eigenvalue weighted by Crippen LogP contribution is -2.27. The maximum absolute atomic E-state index is 6.65. The molecule has 0 saturated carbocycles. The van der Waals surface area contributed by atoms with Gasteiger partial charge in [-0.3, -0.25) is 0 Å². The largest absolute Gasteiger partial charge is 0.488 e. The number of hydrogen-bond acceptors (Lipinski definition) is 1. The summed E-state index contributed by atoms with van der Waals surface area (Å²) in [7, 11) is 0. The molecule has 1 aromatic carbocycles. The summed E-state index contributed by atoms with van der Waals surface area (Å²) in [5.41, 5.74) is 4.50. The lowest BCUT2D eigenvalue weighted by Gasteiger charge is -2.35. The Bertz CT molecular complexity index is 603. The Morgan fingerprint density at radius 1 is 0.889 bits per heavy atom. The molecule has 0 aliphatic carbocycles. The van der Waals surface area contributed by atoms with E-state index in [1.807, 2.05) is 0 Å². The van der Waals surface area contributed by atoms with Crippen LogP contribution in [0, 0.1) is 16.7 Å². The average molecular weight is 375 g/mol. The van der Waals surface area contributed by atoms with E-state index in [9.17, 15) is 0 Å². The molecular formula is C26H46O. The summed E-state index contributed by atoms with van der Waals surface area (Å²) in [6.07, 6.45) is 3.29. The first-order chi connectivity index (χ1) is 12.0. The van der Waals surface area contributed by atoms with E-state index in [4.69, 9.17) is 4.74 Å². The van der Waals surface area contributed by atoms with E-state index in [2.05, 4.69) is 95.2 Å². The zero-order valence-corrected chi connectivity index (χ0v) is 20.3. The van der Waals surface area contributed by atoms with Gasteiger partial charge in [0.25, 0.3) is 0 Å². The van der Waals surface area contributed by atoms with Crippen LogP contribution in [-0.2, 0) is 12.8 Å². The minimum atomic E-state index is -0.197. The molecule has 0 bridgehead atoms. The zero-order chi connectivity index (χ0) is 21.2. The molecule has 156 valence electrons. The third-order valence-corrected chi connectivity index (χ3v) is 4.86. The molecule has 0 aromatic heterocycles. The highest BCUT2D eigenvalue weighted by Gasteiger charge is 2.31. The fourth-order valence-corrected chi connectivity index (χ4v) is 4.06. The van der Waals surface area contributed by atoms with Gasteiger partial charge < -0.3 is 4.74 Å². The molecule has 1 atom stereocenters. The Hall–Kier alpha value is -0.980. The van der Waals surface area contributed by atoms with Crippen LogP contribution in [0.1, 0.15) is 112 Å². The molecule has 0 amide bonds. The standard InChI is InChI=1S/C26H46O/c1-13-22(25(7,8)9)21-16-19(14-18(2)3)15-20(17-24(4,5)6)23(21)27-26(10,11)12/h15-16,18,22H,13-14,17H2,1-12H3.